The molecule has 1 aliphatic heterocycles. The van der Waals surface area contributed by atoms with Crippen LogP contribution in [-0.2, 0) is 0 Å². The maximum atomic E-state index is 14.3. The highest BCUT2D eigenvalue weighted by molar-refractivity contribution is 5.33. The smallest absolute Gasteiger partial charge is 0.170 e. The van der Waals surface area contributed by atoms with Crippen LogP contribution in [0.4, 0.5) is 4.39 Å². The molecule has 5 heteroatoms. The highest BCUT2D eigenvalue weighted by Gasteiger charge is 2.30. The number of methoxy groups -OCH3 is 1. The van der Waals surface area contributed by atoms with Gasteiger partial charge in [0.15, 0.2) is 11.6 Å². The van der Waals surface area contributed by atoms with Crippen molar-refractivity contribution in [1.82, 2.24) is 9.80 Å². The quantitative estimate of drug-likeness (QED) is 0.911. The molecule has 20 heavy (non-hydrogen) atoms. The SMILES string of the molecule is COc1cccc(C(O)C2CN(C)CCCN2C)c1F. The Kier molecular flexibility index (Phi) is 4.96. The lowest BCUT2D eigenvalue weighted by molar-refractivity contribution is 0.0544. The Balaban J connectivity index is 2.27. The standard InChI is InChI=1S/C15H23FN2O2/c1-17-8-5-9-18(2)12(10-17)15(19)11-6-4-7-13(20-3)14(11)16/h4,6-7,12,15,19H,5,8-10H2,1-3H3. The first-order chi connectivity index (χ1) is 9.54. The van der Waals surface area contributed by atoms with E-state index in [0.29, 0.717) is 12.1 Å². The Labute approximate surface area is 119 Å². The van der Waals surface area contributed by atoms with Crippen molar-refractivity contribution in [2.24, 2.45) is 0 Å². The van der Waals surface area contributed by atoms with Gasteiger partial charge in [0, 0.05) is 12.1 Å². The second-order valence-corrected chi connectivity index (χ2v) is 5.47. The summed E-state index contributed by atoms with van der Waals surface area (Å²) in [4.78, 5) is 4.28. The Hall–Kier alpha value is -1.17. The molecule has 0 saturated carbocycles. The molecule has 0 aliphatic carbocycles. The van der Waals surface area contributed by atoms with Crippen LogP contribution in [0.1, 0.15) is 18.1 Å². The first-order valence-corrected chi connectivity index (χ1v) is 6.94. The van der Waals surface area contributed by atoms with Crippen LogP contribution in [0.5, 0.6) is 5.75 Å². The summed E-state index contributed by atoms with van der Waals surface area (Å²) in [6.07, 6.45) is 0.187. The van der Waals surface area contributed by atoms with E-state index in [1.165, 1.54) is 7.11 Å². The van der Waals surface area contributed by atoms with E-state index in [0.717, 1.165) is 19.5 Å². The molecule has 1 aromatic rings. The zero-order valence-electron chi connectivity index (χ0n) is 12.3. The largest absolute Gasteiger partial charge is 0.494 e. The molecule has 1 N–H and O–H groups in total. The fourth-order valence-electron chi connectivity index (χ4n) is 2.77. The van der Waals surface area contributed by atoms with E-state index in [2.05, 4.69) is 9.80 Å². The lowest BCUT2D eigenvalue weighted by Gasteiger charge is -2.32. The molecule has 0 aromatic heterocycles. The van der Waals surface area contributed by atoms with Crippen molar-refractivity contribution >= 4 is 0 Å². The molecular formula is C15H23FN2O2. The monoisotopic (exact) mass is 282 g/mol. The molecule has 1 saturated heterocycles. The Morgan fingerprint density at radius 2 is 2.10 bits per heavy atom. The van der Waals surface area contributed by atoms with Crippen LogP contribution in [0.3, 0.4) is 0 Å². The van der Waals surface area contributed by atoms with Gasteiger partial charge in [0.2, 0.25) is 0 Å². The van der Waals surface area contributed by atoms with Gasteiger partial charge in [-0.1, -0.05) is 12.1 Å². The van der Waals surface area contributed by atoms with E-state index in [4.69, 9.17) is 4.74 Å². The van der Waals surface area contributed by atoms with Crippen molar-refractivity contribution in [3.63, 3.8) is 0 Å². The lowest BCUT2D eigenvalue weighted by Crippen LogP contribution is -2.42. The molecule has 0 radical (unpaired) electrons. The van der Waals surface area contributed by atoms with E-state index in [9.17, 15) is 9.50 Å². The Bertz CT molecular complexity index is 455. The van der Waals surface area contributed by atoms with Crippen LogP contribution in [0, 0.1) is 5.82 Å². The normalized spacial score (nSPS) is 23.4. The number of benzene rings is 1. The summed E-state index contributed by atoms with van der Waals surface area (Å²) in [5.41, 5.74) is 0.302. The van der Waals surface area contributed by atoms with Gasteiger partial charge in [-0.05, 0) is 39.7 Å². The van der Waals surface area contributed by atoms with E-state index in [1.807, 2.05) is 14.1 Å². The number of hydrogen-bond donors (Lipinski definition) is 1. The summed E-state index contributed by atoms with van der Waals surface area (Å²) in [6.45, 7) is 2.61. The molecule has 1 aromatic carbocycles. The molecule has 2 atom stereocenters. The predicted octanol–water partition coefficient (Wildman–Crippen LogP) is 1.50. The Morgan fingerprint density at radius 1 is 1.35 bits per heavy atom. The minimum absolute atomic E-state index is 0.121. The minimum atomic E-state index is -0.865. The fraction of sp³-hybridized carbons (Fsp3) is 0.600. The zero-order valence-corrected chi connectivity index (χ0v) is 12.3. The number of nitrogens with zero attached hydrogens (tertiary/aromatic N) is 2. The molecule has 0 amide bonds. The third kappa shape index (κ3) is 3.11. The number of ether oxygens (including phenoxy) is 1. The summed E-state index contributed by atoms with van der Waals surface area (Å²) in [5.74, 6) is -0.297. The number of aliphatic hydroxyl groups excluding tert-OH is 1. The molecule has 0 spiro atoms. The van der Waals surface area contributed by atoms with Gasteiger partial charge in [-0.15, -0.1) is 0 Å². The van der Waals surface area contributed by atoms with Crippen molar-refractivity contribution in [1.29, 1.82) is 0 Å². The molecule has 1 heterocycles. The van der Waals surface area contributed by atoms with Crippen molar-refractivity contribution in [2.75, 3.05) is 40.8 Å². The highest BCUT2D eigenvalue weighted by Crippen LogP contribution is 2.29. The third-order valence-electron chi connectivity index (χ3n) is 4.01. The van der Waals surface area contributed by atoms with Crippen LogP contribution in [0.15, 0.2) is 18.2 Å². The third-order valence-corrected chi connectivity index (χ3v) is 4.01. The second-order valence-electron chi connectivity index (χ2n) is 5.47. The van der Waals surface area contributed by atoms with E-state index in [1.54, 1.807) is 18.2 Å². The number of likely N-dealkylation sites (N-methyl/N-ethyl adjacent to an activating group) is 2. The topological polar surface area (TPSA) is 35.9 Å². The van der Waals surface area contributed by atoms with Crippen LogP contribution in [-0.4, -0.2) is 61.8 Å². The number of halogens is 1. The highest BCUT2D eigenvalue weighted by atomic mass is 19.1. The van der Waals surface area contributed by atoms with Crippen molar-refractivity contribution < 1.29 is 14.2 Å². The number of rotatable bonds is 3. The van der Waals surface area contributed by atoms with Gasteiger partial charge in [0.25, 0.3) is 0 Å². The molecule has 1 fully saturated rings. The van der Waals surface area contributed by atoms with E-state index < -0.39 is 11.9 Å². The average molecular weight is 282 g/mol. The van der Waals surface area contributed by atoms with Crippen LogP contribution < -0.4 is 4.74 Å². The van der Waals surface area contributed by atoms with Gasteiger partial charge in [-0.25, -0.2) is 4.39 Å². The molecular weight excluding hydrogens is 259 g/mol. The summed E-state index contributed by atoms with van der Waals surface area (Å²) in [7, 11) is 5.44. The summed E-state index contributed by atoms with van der Waals surface area (Å²) in [6, 6.07) is 4.78. The summed E-state index contributed by atoms with van der Waals surface area (Å²) in [5, 5.41) is 10.6. The summed E-state index contributed by atoms with van der Waals surface area (Å²) < 4.78 is 19.3. The molecule has 2 rings (SSSR count). The van der Waals surface area contributed by atoms with Crippen LogP contribution in [0.25, 0.3) is 0 Å². The zero-order chi connectivity index (χ0) is 14.7. The van der Waals surface area contributed by atoms with Crippen molar-refractivity contribution in [2.45, 2.75) is 18.6 Å². The van der Waals surface area contributed by atoms with Gasteiger partial charge in [0.1, 0.15) is 0 Å². The van der Waals surface area contributed by atoms with Crippen LogP contribution >= 0.6 is 0 Å². The van der Waals surface area contributed by atoms with E-state index in [-0.39, 0.29) is 11.8 Å². The average Bonchev–Trinajstić information content (AvgIpc) is 2.60. The molecule has 0 bridgehead atoms. The number of aliphatic hydroxyl groups is 1. The van der Waals surface area contributed by atoms with Gasteiger partial charge in [-0.2, -0.15) is 0 Å². The Morgan fingerprint density at radius 3 is 2.80 bits per heavy atom. The molecule has 4 nitrogen and oxygen atoms in total. The number of hydrogen-bond acceptors (Lipinski definition) is 4. The van der Waals surface area contributed by atoms with E-state index >= 15 is 0 Å². The first kappa shape index (κ1) is 15.2. The second kappa shape index (κ2) is 6.52. The maximum Gasteiger partial charge on any atom is 0.170 e. The lowest BCUT2D eigenvalue weighted by atomic mass is 10.00. The van der Waals surface area contributed by atoms with Crippen LogP contribution in [0.2, 0.25) is 0 Å². The maximum absolute atomic E-state index is 14.3. The minimum Gasteiger partial charge on any atom is -0.494 e. The summed E-state index contributed by atoms with van der Waals surface area (Å²) >= 11 is 0. The first-order valence-electron chi connectivity index (χ1n) is 6.94. The molecule has 1 aliphatic rings. The molecule has 2 unspecified atom stereocenters. The predicted molar refractivity (Wildman–Crippen MR) is 76.4 cm³/mol. The van der Waals surface area contributed by atoms with Crippen molar-refractivity contribution in [3.05, 3.63) is 29.6 Å². The van der Waals surface area contributed by atoms with Gasteiger partial charge in [0.05, 0.1) is 19.3 Å². The van der Waals surface area contributed by atoms with Gasteiger partial charge < -0.3 is 14.7 Å². The fourth-order valence-corrected chi connectivity index (χ4v) is 2.77. The van der Waals surface area contributed by atoms with Crippen molar-refractivity contribution in [3.8, 4) is 5.75 Å². The van der Waals surface area contributed by atoms with Gasteiger partial charge >= 0.3 is 0 Å². The molecule has 112 valence electrons. The van der Waals surface area contributed by atoms with Gasteiger partial charge in [-0.3, -0.25) is 4.90 Å².